The zero-order chi connectivity index (χ0) is 33.1. The first kappa shape index (κ1) is 33.7. The van der Waals surface area contributed by atoms with E-state index in [0.717, 1.165) is 23.8 Å². The minimum Gasteiger partial charge on any atom is -0.403 e. The van der Waals surface area contributed by atoms with E-state index in [0.29, 0.717) is 47.9 Å². The smallest absolute Gasteiger partial charge is 0.403 e. The van der Waals surface area contributed by atoms with E-state index in [1.807, 2.05) is 42.3 Å². The fourth-order valence-electron chi connectivity index (χ4n) is 5.71. The SMILES string of the molecule is COP(OC)c1ccccc1Nc1nc(Nc2ccc(N3CCC(N(C)CC(C)(C)O)CC3)c(OC(F)(F)F)c2)nc2[nH]ccc12. The van der Waals surface area contributed by atoms with Gasteiger partial charge in [-0.25, -0.2) is 0 Å². The molecule has 1 aliphatic heterocycles. The summed E-state index contributed by atoms with van der Waals surface area (Å²) < 4.78 is 56.2. The van der Waals surface area contributed by atoms with Crippen molar-refractivity contribution in [1.82, 2.24) is 19.9 Å². The number of aromatic amines is 1. The highest BCUT2D eigenvalue weighted by atomic mass is 31.2. The average Bonchev–Trinajstić information content (AvgIpc) is 3.46. The molecule has 1 aliphatic rings. The van der Waals surface area contributed by atoms with Crippen LogP contribution in [0.15, 0.2) is 54.7 Å². The predicted molar refractivity (Wildman–Crippen MR) is 175 cm³/mol. The standard InChI is InChI=1S/C31H39F3N7O4P/c1-30(2,42)19-40(3)21-13-16-41(17-14-21)24-11-10-20(18-25(24)45-31(32,33)34)36-29-38-27-22(12-15-35-27)28(39-29)37-23-8-6-7-9-26(23)46(43-4)44-5/h6-12,15,18,21,42H,13-14,16-17,19H2,1-5H3,(H3,35,36,37,38,39). The number of hydrogen-bond donors (Lipinski definition) is 4. The Bertz CT molecular complexity index is 1620. The van der Waals surface area contributed by atoms with E-state index >= 15 is 0 Å². The molecule has 1 fully saturated rings. The van der Waals surface area contributed by atoms with Crippen LogP contribution in [0.4, 0.5) is 42.0 Å². The highest BCUT2D eigenvalue weighted by Gasteiger charge is 2.34. The molecule has 0 unspecified atom stereocenters. The second-order valence-corrected chi connectivity index (χ2v) is 13.4. The molecule has 1 saturated heterocycles. The number of halogens is 3. The second-order valence-electron chi connectivity index (χ2n) is 11.7. The summed E-state index contributed by atoms with van der Waals surface area (Å²) in [5.74, 6) is 0.322. The van der Waals surface area contributed by atoms with Crippen LogP contribution in [0.25, 0.3) is 11.0 Å². The molecule has 2 aromatic carbocycles. The summed E-state index contributed by atoms with van der Waals surface area (Å²) in [5.41, 5.74) is 1.08. The molecule has 15 heteroatoms. The second kappa shape index (κ2) is 14.0. The third-order valence-electron chi connectivity index (χ3n) is 7.61. The quantitative estimate of drug-likeness (QED) is 0.130. The van der Waals surface area contributed by atoms with Gasteiger partial charge in [-0.05, 0) is 64.1 Å². The van der Waals surface area contributed by atoms with Crippen molar-refractivity contribution in [3.05, 3.63) is 54.7 Å². The van der Waals surface area contributed by atoms with Crippen molar-refractivity contribution in [1.29, 1.82) is 0 Å². The number of piperidine rings is 1. The minimum atomic E-state index is -4.88. The van der Waals surface area contributed by atoms with Gasteiger partial charge in [-0.15, -0.1) is 13.2 Å². The largest absolute Gasteiger partial charge is 0.573 e. The van der Waals surface area contributed by atoms with Gasteiger partial charge >= 0.3 is 6.36 Å². The molecule has 4 aromatic rings. The first-order valence-corrected chi connectivity index (χ1v) is 15.9. The predicted octanol–water partition coefficient (Wildman–Crippen LogP) is 6.25. The number of anilines is 5. The van der Waals surface area contributed by atoms with Crippen molar-refractivity contribution >= 4 is 53.5 Å². The molecule has 0 spiro atoms. The fraction of sp³-hybridized carbons (Fsp3) is 0.419. The van der Waals surface area contributed by atoms with E-state index in [4.69, 9.17) is 9.05 Å². The number of alkyl halides is 3. The summed E-state index contributed by atoms with van der Waals surface area (Å²) in [4.78, 5) is 16.3. The van der Waals surface area contributed by atoms with E-state index in [1.54, 1.807) is 46.4 Å². The topological polar surface area (TPSA) is 120 Å². The number of likely N-dealkylation sites (N-methyl/N-ethyl adjacent to an activating group) is 1. The lowest BCUT2D eigenvalue weighted by atomic mass is 10.0. The first-order chi connectivity index (χ1) is 21.8. The maximum Gasteiger partial charge on any atom is 0.573 e. The Balaban J connectivity index is 1.39. The molecular formula is C31H39F3N7O4P. The Hall–Kier alpha value is -3.68. The molecule has 0 atom stereocenters. The summed E-state index contributed by atoms with van der Waals surface area (Å²) in [6.45, 7) is 5.10. The maximum absolute atomic E-state index is 13.6. The van der Waals surface area contributed by atoms with Crippen molar-refractivity contribution < 1.29 is 32.1 Å². The molecule has 3 heterocycles. The van der Waals surface area contributed by atoms with Gasteiger partial charge in [0.25, 0.3) is 0 Å². The van der Waals surface area contributed by atoms with E-state index < -0.39 is 20.3 Å². The van der Waals surface area contributed by atoms with Gasteiger partial charge in [0.15, 0.2) is 5.75 Å². The van der Waals surface area contributed by atoms with Gasteiger partial charge in [0.2, 0.25) is 14.3 Å². The molecular weight excluding hydrogens is 622 g/mol. The number of para-hydroxylation sites is 1. The maximum atomic E-state index is 13.6. The molecule has 248 valence electrons. The monoisotopic (exact) mass is 661 g/mol. The molecule has 0 aliphatic carbocycles. The average molecular weight is 662 g/mol. The van der Waals surface area contributed by atoms with Crippen LogP contribution in [-0.2, 0) is 9.05 Å². The Morgan fingerprint density at radius 2 is 1.76 bits per heavy atom. The number of nitrogens with one attached hydrogen (secondary N) is 3. The number of fused-ring (bicyclic) bond motifs is 1. The van der Waals surface area contributed by atoms with Crippen LogP contribution < -0.4 is 25.6 Å². The lowest BCUT2D eigenvalue weighted by Gasteiger charge is -2.40. The van der Waals surface area contributed by atoms with Gasteiger partial charge < -0.3 is 44.3 Å². The van der Waals surface area contributed by atoms with Crippen molar-refractivity contribution in [2.24, 2.45) is 0 Å². The highest BCUT2D eigenvalue weighted by Crippen LogP contribution is 2.40. The normalized spacial score (nSPS) is 14.8. The van der Waals surface area contributed by atoms with Gasteiger partial charge in [-0.1, -0.05) is 12.1 Å². The van der Waals surface area contributed by atoms with Crippen LogP contribution in [0.2, 0.25) is 0 Å². The van der Waals surface area contributed by atoms with Crippen LogP contribution in [0.3, 0.4) is 0 Å². The number of H-pyrrole nitrogens is 1. The molecule has 4 N–H and O–H groups in total. The van der Waals surface area contributed by atoms with Gasteiger partial charge in [-0.3, -0.25) is 0 Å². The highest BCUT2D eigenvalue weighted by molar-refractivity contribution is 7.56. The van der Waals surface area contributed by atoms with E-state index in [-0.39, 0.29) is 17.7 Å². The number of benzene rings is 2. The number of aliphatic hydroxyl groups is 1. The number of rotatable bonds is 12. The number of aromatic nitrogens is 3. The molecule has 0 amide bonds. The number of hydrogen-bond acceptors (Lipinski definition) is 10. The Morgan fingerprint density at radius 3 is 2.43 bits per heavy atom. The third kappa shape index (κ3) is 8.37. The Kier molecular flexibility index (Phi) is 10.2. The molecule has 0 bridgehead atoms. The molecule has 2 aromatic heterocycles. The molecule has 46 heavy (non-hydrogen) atoms. The van der Waals surface area contributed by atoms with Crippen molar-refractivity contribution in [3.63, 3.8) is 0 Å². The third-order valence-corrected chi connectivity index (χ3v) is 9.05. The fourth-order valence-corrected chi connectivity index (χ4v) is 6.78. The van der Waals surface area contributed by atoms with Gasteiger partial charge in [-0.2, -0.15) is 9.97 Å². The summed E-state index contributed by atoms with van der Waals surface area (Å²) in [6, 6.07) is 14.2. The summed E-state index contributed by atoms with van der Waals surface area (Å²) in [5, 5.41) is 18.1. The lowest BCUT2D eigenvalue weighted by molar-refractivity contribution is -0.274. The molecule has 0 saturated carbocycles. The van der Waals surface area contributed by atoms with E-state index in [9.17, 15) is 18.3 Å². The van der Waals surface area contributed by atoms with Gasteiger partial charge in [0, 0.05) is 57.8 Å². The van der Waals surface area contributed by atoms with E-state index in [1.165, 1.54) is 6.07 Å². The van der Waals surface area contributed by atoms with Crippen molar-refractivity contribution in [2.45, 2.75) is 44.7 Å². The van der Waals surface area contributed by atoms with Gasteiger partial charge in [0.1, 0.15) is 11.5 Å². The van der Waals surface area contributed by atoms with Gasteiger partial charge in [0.05, 0.1) is 27.7 Å². The van der Waals surface area contributed by atoms with Crippen LogP contribution in [-0.4, -0.2) is 83.9 Å². The number of nitrogens with zero attached hydrogens (tertiary/aromatic N) is 4. The Labute approximate surface area is 267 Å². The molecule has 0 radical (unpaired) electrons. The summed E-state index contributed by atoms with van der Waals surface area (Å²) >= 11 is 0. The zero-order valence-electron chi connectivity index (χ0n) is 26.4. The molecule has 11 nitrogen and oxygen atoms in total. The minimum absolute atomic E-state index is 0.164. The van der Waals surface area contributed by atoms with Crippen molar-refractivity contribution in [3.8, 4) is 5.75 Å². The Morgan fingerprint density at radius 1 is 1.04 bits per heavy atom. The van der Waals surface area contributed by atoms with Crippen LogP contribution in [0.5, 0.6) is 5.75 Å². The summed E-state index contributed by atoms with van der Waals surface area (Å²) in [6.07, 6.45) is -1.69. The lowest BCUT2D eigenvalue weighted by Crippen LogP contribution is -2.47. The zero-order valence-corrected chi connectivity index (χ0v) is 27.2. The van der Waals surface area contributed by atoms with Crippen LogP contribution >= 0.6 is 8.38 Å². The van der Waals surface area contributed by atoms with Crippen molar-refractivity contribution in [2.75, 3.05) is 56.4 Å². The van der Waals surface area contributed by atoms with Crippen LogP contribution in [0, 0.1) is 0 Å². The first-order valence-electron chi connectivity index (χ1n) is 14.8. The number of ether oxygens (including phenoxy) is 1. The van der Waals surface area contributed by atoms with Crippen LogP contribution in [0.1, 0.15) is 26.7 Å². The summed E-state index contributed by atoms with van der Waals surface area (Å²) in [7, 11) is 3.77. The van der Waals surface area contributed by atoms with E-state index in [2.05, 4.69) is 35.2 Å². The molecule has 5 rings (SSSR count).